The summed E-state index contributed by atoms with van der Waals surface area (Å²) >= 11 is 1.49. The minimum Gasteiger partial charge on any atom is -0.480 e. The molecule has 1 heterocycles. The van der Waals surface area contributed by atoms with Crippen molar-refractivity contribution in [2.75, 3.05) is 30.9 Å². The van der Waals surface area contributed by atoms with Gasteiger partial charge in [-0.2, -0.15) is 11.8 Å². The van der Waals surface area contributed by atoms with Crippen LogP contribution in [0.4, 0.5) is 4.79 Å². The number of carboxylic acid groups (broad SMARTS) is 1. The first-order valence-electron chi connectivity index (χ1n) is 6.36. The van der Waals surface area contributed by atoms with E-state index >= 15 is 0 Å². The monoisotopic (exact) mass is 322 g/mol. The van der Waals surface area contributed by atoms with Crippen molar-refractivity contribution >= 4 is 33.6 Å². The Morgan fingerprint density at radius 3 is 2.55 bits per heavy atom. The van der Waals surface area contributed by atoms with Crippen molar-refractivity contribution in [1.29, 1.82) is 0 Å². The largest absolute Gasteiger partial charge is 0.480 e. The number of rotatable bonds is 4. The summed E-state index contributed by atoms with van der Waals surface area (Å²) in [7, 11) is -3.38. The van der Waals surface area contributed by atoms with Crippen molar-refractivity contribution in [1.82, 2.24) is 9.80 Å². The first-order chi connectivity index (χ1) is 9.30. The summed E-state index contributed by atoms with van der Waals surface area (Å²) in [5, 5.41) is 8.04. The Hall–Kier alpha value is -0.960. The standard InChI is InChI=1S/C11H18N2O5S2/c1-20(17,18)9-7-19-5-4-12(9)11(16)13(6-10(14)15)8-2-3-8/h8-9H,2-7H2,1H3,(H,14,15). The Balaban J connectivity index is 2.17. The van der Waals surface area contributed by atoms with Gasteiger partial charge < -0.3 is 14.9 Å². The molecule has 0 aromatic rings. The summed E-state index contributed by atoms with van der Waals surface area (Å²) in [5.41, 5.74) is 0. The van der Waals surface area contributed by atoms with E-state index in [0.717, 1.165) is 19.1 Å². The van der Waals surface area contributed by atoms with Gasteiger partial charge in [-0.1, -0.05) is 0 Å². The summed E-state index contributed by atoms with van der Waals surface area (Å²) in [6, 6.07) is -0.529. The Kier molecular flexibility index (Phi) is 4.48. The molecule has 1 N–H and O–H groups in total. The van der Waals surface area contributed by atoms with E-state index < -0.39 is 27.2 Å². The summed E-state index contributed by atoms with van der Waals surface area (Å²) < 4.78 is 23.6. The second-order valence-electron chi connectivity index (χ2n) is 5.09. The fourth-order valence-electron chi connectivity index (χ4n) is 2.20. The van der Waals surface area contributed by atoms with Crippen molar-refractivity contribution < 1.29 is 23.1 Å². The molecule has 0 aromatic carbocycles. The summed E-state index contributed by atoms with van der Waals surface area (Å²) in [5.74, 6) is -0.0630. The Morgan fingerprint density at radius 2 is 2.05 bits per heavy atom. The number of urea groups is 1. The van der Waals surface area contributed by atoms with Gasteiger partial charge in [0.1, 0.15) is 11.9 Å². The molecule has 114 valence electrons. The Bertz CT molecular complexity index is 503. The molecule has 9 heteroatoms. The van der Waals surface area contributed by atoms with Gasteiger partial charge in [-0.05, 0) is 12.8 Å². The average molecular weight is 322 g/mol. The van der Waals surface area contributed by atoms with E-state index in [2.05, 4.69) is 0 Å². The lowest BCUT2D eigenvalue weighted by molar-refractivity contribution is -0.137. The summed E-state index contributed by atoms with van der Waals surface area (Å²) in [6.45, 7) is -0.0340. The SMILES string of the molecule is CS(=O)(=O)C1CSCCN1C(=O)N(CC(=O)O)C1CC1. The average Bonchev–Trinajstić information content (AvgIpc) is 3.18. The Morgan fingerprint density at radius 1 is 1.40 bits per heavy atom. The first-order valence-corrected chi connectivity index (χ1v) is 9.47. The second-order valence-corrected chi connectivity index (χ2v) is 8.44. The number of carboxylic acids is 1. The van der Waals surface area contributed by atoms with Gasteiger partial charge in [0.25, 0.3) is 0 Å². The Labute approximate surface area is 122 Å². The van der Waals surface area contributed by atoms with Gasteiger partial charge in [0.15, 0.2) is 9.84 Å². The third-order valence-corrected chi connectivity index (χ3v) is 6.01. The maximum atomic E-state index is 12.5. The zero-order valence-electron chi connectivity index (χ0n) is 11.2. The van der Waals surface area contributed by atoms with Crippen LogP contribution in [0.15, 0.2) is 0 Å². The van der Waals surface area contributed by atoms with Crippen LogP contribution in [0.25, 0.3) is 0 Å². The van der Waals surface area contributed by atoms with E-state index in [0.29, 0.717) is 18.1 Å². The smallest absolute Gasteiger partial charge is 0.323 e. The van der Waals surface area contributed by atoms with Gasteiger partial charge in [0.2, 0.25) is 0 Å². The predicted octanol–water partition coefficient (Wildman–Crippen LogP) is 0.0749. The maximum absolute atomic E-state index is 12.5. The number of thioether (sulfide) groups is 1. The molecule has 7 nitrogen and oxygen atoms in total. The van der Waals surface area contributed by atoms with Crippen molar-refractivity contribution in [3.8, 4) is 0 Å². The quantitative estimate of drug-likeness (QED) is 0.787. The molecule has 2 rings (SSSR count). The highest BCUT2D eigenvalue weighted by molar-refractivity contribution is 8.00. The highest BCUT2D eigenvalue weighted by Crippen LogP contribution is 2.29. The summed E-state index contributed by atoms with van der Waals surface area (Å²) in [6.07, 6.45) is 2.68. The molecular formula is C11H18N2O5S2. The van der Waals surface area contributed by atoms with E-state index in [1.54, 1.807) is 0 Å². The molecular weight excluding hydrogens is 304 g/mol. The lowest BCUT2D eigenvalue weighted by Gasteiger charge is -2.37. The number of nitrogens with zero attached hydrogens (tertiary/aromatic N) is 2. The third-order valence-electron chi connectivity index (χ3n) is 3.36. The minimum atomic E-state index is -3.38. The van der Waals surface area contributed by atoms with E-state index in [1.807, 2.05) is 0 Å². The maximum Gasteiger partial charge on any atom is 0.323 e. The predicted molar refractivity (Wildman–Crippen MR) is 75.4 cm³/mol. The van der Waals surface area contributed by atoms with Crippen LogP contribution in [0.1, 0.15) is 12.8 Å². The molecule has 1 atom stereocenters. The third kappa shape index (κ3) is 3.57. The van der Waals surface area contributed by atoms with Crippen LogP contribution >= 0.6 is 11.8 Å². The fraction of sp³-hybridized carbons (Fsp3) is 0.818. The van der Waals surface area contributed by atoms with Crippen molar-refractivity contribution in [2.24, 2.45) is 0 Å². The molecule has 0 radical (unpaired) electrons. The molecule has 1 saturated carbocycles. The van der Waals surface area contributed by atoms with Crippen LogP contribution in [-0.2, 0) is 14.6 Å². The van der Waals surface area contributed by atoms with Gasteiger partial charge in [0.05, 0.1) is 0 Å². The van der Waals surface area contributed by atoms with Gasteiger partial charge in [-0.15, -0.1) is 0 Å². The van der Waals surface area contributed by atoms with Gasteiger partial charge in [-0.3, -0.25) is 4.79 Å². The van der Waals surface area contributed by atoms with Gasteiger partial charge in [-0.25, -0.2) is 13.2 Å². The zero-order valence-corrected chi connectivity index (χ0v) is 12.8. The highest BCUT2D eigenvalue weighted by atomic mass is 32.2. The highest BCUT2D eigenvalue weighted by Gasteiger charge is 2.41. The fourth-order valence-corrected chi connectivity index (χ4v) is 5.01. The lowest BCUT2D eigenvalue weighted by Crippen LogP contribution is -2.55. The second kappa shape index (κ2) is 5.80. The van der Waals surface area contributed by atoms with E-state index in [-0.39, 0.29) is 12.6 Å². The zero-order chi connectivity index (χ0) is 14.9. The molecule has 2 aliphatic rings. The molecule has 20 heavy (non-hydrogen) atoms. The van der Waals surface area contributed by atoms with E-state index in [4.69, 9.17) is 5.11 Å². The molecule has 2 amide bonds. The van der Waals surface area contributed by atoms with Crippen LogP contribution in [0.3, 0.4) is 0 Å². The molecule has 0 bridgehead atoms. The lowest BCUT2D eigenvalue weighted by atomic mass is 10.4. The van der Waals surface area contributed by atoms with Crippen molar-refractivity contribution in [3.05, 3.63) is 0 Å². The molecule has 1 aliphatic carbocycles. The molecule has 1 aliphatic heterocycles. The molecule has 0 aromatic heterocycles. The van der Waals surface area contributed by atoms with Crippen molar-refractivity contribution in [2.45, 2.75) is 24.3 Å². The number of amides is 2. The van der Waals surface area contributed by atoms with Gasteiger partial charge >= 0.3 is 12.0 Å². The van der Waals surface area contributed by atoms with Gasteiger partial charge in [0, 0.05) is 30.3 Å². The summed E-state index contributed by atoms with van der Waals surface area (Å²) in [4.78, 5) is 26.0. The van der Waals surface area contributed by atoms with Crippen LogP contribution in [0.5, 0.6) is 0 Å². The molecule has 1 saturated heterocycles. The molecule has 1 unspecified atom stereocenters. The molecule has 0 spiro atoms. The normalized spacial score (nSPS) is 23.4. The van der Waals surface area contributed by atoms with Crippen LogP contribution in [-0.4, -0.2) is 77.6 Å². The number of hydrogen-bond donors (Lipinski definition) is 1. The van der Waals surface area contributed by atoms with Crippen LogP contribution in [0.2, 0.25) is 0 Å². The number of aliphatic carboxylic acids is 1. The number of carbonyl (C=O) groups excluding carboxylic acids is 1. The minimum absolute atomic E-state index is 0.0617. The number of carbonyl (C=O) groups is 2. The number of hydrogen-bond acceptors (Lipinski definition) is 5. The number of sulfone groups is 1. The van der Waals surface area contributed by atoms with Crippen LogP contribution < -0.4 is 0 Å². The van der Waals surface area contributed by atoms with Crippen molar-refractivity contribution in [3.63, 3.8) is 0 Å². The first kappa shape index (κ1) is 15.4. The van der Waals surface area contributed by atoms with E-state index in [1.165, 1.54) is 21.6 Å². The van der Waals surface area contributed by atoms with E-state index in [9.17, 15) is 18.0 Å². The molecule has 2 fully saturated rings. The topological polar surface area (TPSA) is 95.0 Å². The van der Waals surface area contributed by atoms with Crippen LogP contribution in [0, 0.1) is 0 Å².